The molecule has 22 heavy (non-hydrogen) atoms. The van der Waals surface area contributed by atoms with E-state index in [1.807, 2.05) is 24.3 Å². The van der Waals surface area contributed by atoms with Gasteiger partial charge in [-0.1, -0.05) is 38.1 Å². The lowest BCUT2D eigenvalue weighted by Gasteiger charge is -2.12. The van der Waals surface area contributed by atoms with Crippen LogP contribution in [-0.2, 0) is 11.2 Å². The molecule has 0 amide bonds. The fourth-order valence-corrected chi connectivity index (χ4v) is 2.24. The second kappa shape index (κ2) is 6.56. The lowest BCUT2D eigenvalue weighted by Crippen LogP contribution is -2.16. The Morgan fingerprint density at radius 2 is 1.82 bits per heavy atom. The zero-order valence-electron chi connectivity index (χ0n) is 13.0. The Hall–Kier alpha value is -2.43. The van der Waals surface area contributed by atoms with Gasteiger partial charge >= 0.3 is 5.97 Å². The molecule has 1 heterocycles. The highest BCUT2D eigenvalue weighted by atomic mass is 16.5. The number of esters is 1. The van der Waals surface area contributed by atoms with E-state index in [4.69, 9.17) is 4.74 Å². The first kappa shape index (κ1) is 15.9. The molecule has 0 saturated carbocycles. The van der Waals surface area contributed by atoms with Gasteiger partial charge in [0.15, 0.2) is 11.6 Å². The third-order valence-electron chi connectivity index (χ3n) is 3.44. The van der Waals surface area contributed by atoms with E-state index in [1.54, 1.807) is 6.92 Å². The summed E-state index contributed by atoms with van der Waals surface area (Å²) in [6.45, 7) is 6.06. The van der Waals surface area contributed by atoms with Crippen LogP contribution in [0.3, 0.4) is 0 Å². The van der Waals surface area contributed by atoms with Crippen LogP contribution in [0.4, 0.5) is 0 Å². The third-order valence-corrected chi connectivity index (χ3v) is 3.44. The highest BCUT2D eigenvalue weighted by Crippen LogP contribution is 2.31. The second-order valence-corrected chi connectivity index (χ2v) is 5.85. The summed E-state index contributed by atoms with van der Waals surface area (Å²) < 4.78 is 5.10. The Kier molecular flexibility index (Phi) is 4.75. The van der Waals surface area contributed by atoms with E-state index in [2.05, 4.69) is 18.8 Å². The summed E-state index contributed by atoms with van der Waals surface area (Å²) in [4.78, 5) is 14.4. The van der Waals surface area contributed by atoms with Gasteiger partial charge in [-0.25, -0.2) is 0 Å². The molecule has 3 N–H and O–H groups in total. The number of benzene rings is 1. The van der Waals surface area contributed by atoms with Gasteiger partial charge in [0.25, 0.3) is 0 Å². The molecule has 1 unspecified atom stereocenters. The molecule has 5 nitrogen and oxygen atoms in total. The van der Waals surface area contributed by atoms with Crippen molar-refractivity contribution < 1.29 is 19.7 Å². The van der Waals surface area contributed by atoms with Gasteiger partial charge in [-0.3, -0.25) is 9.78 Å². The molecule has 118 valence electrons. The molecular weight excluding hydrogens is 282 g/mol. The fraction of sp³-hybridized carbons (Fsp3) is 0.353. The van der Waals surface area contributed by atoms with Crippen LogP contribution in [0.2, 0.25) is 0 Å². The topological polar surface area (TPSA) is 82.5 Å². The highest BCUT2D eigenvalue weighted by molar-refractivity contribution is 5.80. The molecule has 0 aliphatic carbocycles. The van der Waals surface area contributed by atoms with E-state index in [0.29, 0.717) is 5.92 Å². The zero-order chi connectivity index (χ0) is 16.3. The number of rotatable bonds is 5. The summed E-state index contributed by atoms with van der Waals surface area (Å²) in [7, 11) is 0. The first-order chi connectivity index (χ1) is 10.4. The van der Waals surface area contributed by atoms with Crippen molar-refractivity contribution in [1.82, 2.24) is 4.98 Å². The summed E-state index contributed by atoms with van der Waals surface area (Å²) in [5, 5.41) is 18.7. The molecule has 1 atom stereocenters. The number of ether oxygens (including phenoxy) is 1. The minimum absolute atomic E-state index is 0.0780. The average molecular weight is 303 g/mol. The van der Waals surface area contributed by atoms with Crippen LogP contribution in [0, 0.1) is 5.92 Å². The van der Waals surface area contributed by atoms with Crippen LogP contribution in [0.15, 0.2) is 30.3 Å². The van der Waals surface area contributed by atoms with Crippen molar-refractivity contribution in [1.29, 1.82) is 0 Å². The number of carbonyl (C=O) groups excluding carboxylic acids is 1. The van der Waals surface area contributed by atoms with Gasteiger partial charge in [0, 0.05) is 6.07 Å². The van der Waals surface area contributed by atoms with Gasteiger partial charge in [0.05, 0.1) is 5.92 Å². The molecule has 0 fully saturated rings. The van der Waals surface area contributed by atoms with Crippen molar-refractivity contribution in [3.05, 3.63) is 41.5 Å². The Morgan fingerprint density at radius 3 is 2.32 bits per heavy atom. The summed E-state index contributed by atoms with van der Waals surface area (Å²) >= 11 is 0. The van der Waals surface area contributed by atoms with E-state index in [1.165, 1.54) is 5.56 Å². The zero-order valence-corrected chi connectivity index (χ0v) is 13.0. The summed E-state index contributed by atoms with van der Waals surface area (Å²) in [5.74, 6) is -1.09. The number of carbonyl (C=O) groups is 1. The lowest BCUT2D eigenvalue weighted by atomic mass is 9.97. The number of aromatic amines is 1. The number of H-pyrrole nitrogens is 1. The molecule has 0 saturated heterocycles. The number of hydrogen-bond acceptors (Lipinski definition) is 4. The normalized spacial score (nSPS) is 12.4. The van der Waals surface area contributed by atoms with E-state index < -0.39 is 11.9 Å². The Balaban J connectivity index is 2.05. The van der Waals surface area contributed by atoms with Crippen LogP contribution in [0.1, 0.15) is 37.8 Å². The molecule has 1 aromatic carbocycles. The van der Waals surface area contributed by atoms with Crippen molar-refractivity contribution >= 4 is 5.97 Å². The average Bonchev–Trinajstić information content (AvgIpc) is 2.76. The molecular formula is C17H21NO4. The summed E-state index contributed by atoms with van der Waals surface area (Å²) in [6, 6.07) is 9.01. The monoisotopic (exact) mass is 303 g/mol. The largest absolute Gasteiger partial charge is 0.494 e. The quantitative estimate of drug-likeness (QED) is 0.740. The van der Waals surface area contributed by atoms with Crippen LogP contribution in [-0.4, -0.2) is 21.2 Å². The number of aromatic hydroxyl groups is 2. The molecule has 0 aliphatic rings. The lowest BCUT2D eigenvalue weighted by molar-refractivity contribution is -0.135. The van der Waals surface area contributed by atoms with Crippen molar-refractivity contribution in [3.63, 3.8) is 0 Å². The van der Waals surface area contributed by atoms with E-state index in [-0.39, 0.29) is 17.5 Å². The fourth-order valence-electron chi connectivity index (χ4n) is 2.24. The second-order valence-electron chi connectivity index (χ2n) is 5.85. The molecule has 0 bridgehead atoms. The van der Waals surface area contributed by atoms with Gasteiger partial charge < -0.3 is 14.9 Å². The Bertz CT molecular complexity index is 643. The van der Waals surface area contributed by atoms with Crippen LogP contribution >= 0.6 is 0 Å². The van der Waals surface area contributed by atoms with Gasteiger partial charge in [0.1, 0.15) is 0 Å². The van der Waals surface area contributed by atoms with Crippen LogP contribution in [0.25, 0.3) is 0 Å². The SMILES string of the molecule is CC(C)Cc1ccc(C(C)C(=O)Oc2cc(O)[nH]c2O)cc1. The maximum absolute atomic E-state index is 12.1. The third kappa shape index (κ3) is 3.81. The Morgan fingerprint density at radius 1 is 1.18 bits per heavy atom. The van der Waals surface area contributed by atoms with Crippen LogP contribution in [0.5, 0.6) is 17.5 Å². The van der Waals surface area contributed by atoms with E-state index >= 15 is 0 Å². The Labute approximate surface area is 129 Å². The predicted molar refractivity (Wildman–Crippen MR) is 83.2 cm³/mol. The predicted octanol–water partition coefficient (Wildman–Crippen LogP) is 3.33. The standard InChI is InChI=1S/C17H21NO4/c1-10(2)8-12-4-6-13(7-5-12)11(3)17(21)22-14-9-15(19)18-16(14)20/h4-7,9-11,18-20H,8H2,1-3H3. The van der Waals surface area contributed by atoms with Crippen molar-refractivity contribution in [2.24, 2.45) is 5.92 Å². The van der Waals surface area contributed by atoms with Crippen molar-refractivity contribution in [3.8, 4) is 17.5 Å². The molecule has 2 rings (SSSR count). The minimum atomic E-state index is -0.495. The van der Waals surface area contributed by atoms with Gasteiger partial charge in [-0.15, -0.1) is 0 Å². The maximum atomic E-state index is 12.1. The molecule has 0 spiro atoms. The number of hydrogen-bond donors (Lipinski definition) is 3. The van der Waals surface area contributed by atoms with Crippen molar-refractivity contribution in [2.75, 3.05) is 0 Å². The minimum Gasteiger partial charge on any atom is -0.494 e. The van der Waals surface area contributed by atoms with Gasteiger partial charge in [-0.05, 0) is 30.4 Å². The number of nitrogens with one attached hydrogen (secondary N) is 1. The summed E-state index contributed by atoms with van der Waals surface area (Å²) in [6.07, 6.45) is 0.996. The summed E-state index contributed by atoms with van der Waals surface area (Å²) in [5.41, 5.74) is 2.07. The van der Waals surface area contributed by atoms with Crippen LogP contribution < -0.4 is 4.74 Å². The maximum Gasteiger partial charge on any atom is 0.318 e. The molecule has 2 aromatic rings. The molecule has 5 heteroatoms. The highest BCUT2D eigenvalue weighted by Gasteiger charge is 2.20. The molecule has 0 radical (unpaired) electrons. The molecule has 1 aromatic heterocycles. The van der Waals surface area contributed by atoms with E-state index in [9.17, 15) is 15.0 Å². The first-order valence-corrected chi connectivity index (χ1v) is 7.28. The number of aromatic nitrogens is 1. The van der Waals surface area contributed by atoms with Gasteiger partial charge in [0.2, 0.25) is 5.88 Å². The molecule has 0 aliphatic heterocycles. The van der Waals surface area contributed by atoms with E-state index in [0.717, 1.165) is 18.1 Å². The van der Waals surface area contributed by atoms with Crippen molar-refractivity contribution in [2.45, 2.75) is 33.1 Å². The van der Waals surface area contributed by atoms with Gasteiger partial charge in [-0.2, -0.15) is 0 Å². The first-order valence-electron chi connectivity index (χ1n) is 7.28. The smallest absolute Gasteiger partial charge is 0.318 e.